The molecular formula is C40H52GeIrNO3-. The zero-order valence-electron chi connectivity index (χ0n) is 29.4. The average molecular weight is 860 g/mol. The number of aliphatic hydroxyl groups excluding tert-OH is 1. The first kappa shape index (κ1) is 38.0. The Morgan fingerprint density at radius 1 is 0.978 bits per heavy atom. The summed E-state index contributed by atoms with van der Waals surface area (Å²) in [5, 5.41) is 14.6. The smallest absolute Gasteiger partial charge is 0 e. The van der Waals surface area contributed by atoms with Gasteiger partial charge in [0, 0.05) is 38.0 Å². The Balaban J connectivity index is 0.000000309. The van der Waals surface area contributed by atoms with Gasteiger partial charge in [0.1, 0.15) is 0 Å². The van der Waals surface area contributed by atoms with E-state index in [1.807, 2.05) is 33.9 Å². The molecule has 46 heavy (non-hydrogen) atoms. The molecule has 2 heterocycles. The second kappa shape index (κ2) is 16.1. The fraction of sp³-hybridized carbons (Fsp3) is 0.450. The molecule has 5 rings (SSSR count). The van der Waals surface area contributed by atoms with Gasteiger partial charge in [0.15, 0.2) is 5.78 Å². The largest absolute Gasteiger partial charge is 0 e. The van der Waals surface area contributed by atoms with E-state index in [0.717, 1.165) is 65.6 Å². The molecule has 0 amide bonds. The van der Waals surface area contributed by atoms with Crippen LogP contribution >= 0.6 is 0 Å². The predicted octanol–water partition coefficient (Wildman–Crippen LogP) is 10.9. The molecule has 0 bridgehead atoms. The first-order chi connectivity index (χ1) is 21.4. The van der Waals surface area contributed by atoms with Crippen molar-refractivity contribution in [1.82, 2.24) is 4.98 Å². The Morgan fingerprint density at radius 3 is 2.20 bits per heavy atom. The molecule has 0 unspecified atom stereocenters. The van der Waals surface area contributed by atoms with E-state index >= 15 is 0 Å². The standard InChI is InChI=1S/C27H28GeNO.C13H24O2.Ir/c1-16(2)13-21-19-10-8-7-9-18(19)15-22-26-24-20(11-12-29-26)25(28(4,5)6)17(3)14-23(24)30-27(21)22;1-5-10(6-2)12(14)9-13(15)11(7-3)8-4;/h7-12,14,16H,13H2,1-6H3;9-11,14H,5-8H2,1-4H3;/q-1;;/b;12-9-;. The van der Waals surface area contributed by atoms with Crippen molar-refractivity contribution in [3.8, 4) is 22.8 Å². The SMILES string of the molecule is CCC(CC)C(=O)/C=C(\O)C(CC)CC.Cc1cc2c3c(nccc3[c]1[Ge]([CH3])([CH3])[CH3])-c1[c-]c3ccccc3c(CC(C)C)c1O2.[Ir]. The molecular weight excluding hydrogens is 807 g/mol. The number of carbonyl (C=O) groups excluding carboxylic acids is 1. The van der Waals surface area contributed by atoms with Crippen LogP contribution < -0.4 is 9.13 Å². The third kappa shape index (κ3) is 7.97. The second-order valence-corrected chi connectivity index (χ2v) is 24.4. The van der Waals surface area contributed by atoms with Crippen molar-refractivity contribution in [2.24, 2.45) is 17.8 Å². The molecule has 1 aromatic heterocycles. The average Bonchev–Trinajstić information content (AvgIpc) is 2.98. The number of ether oxygens (including phenoxy) is 1. The van der Waals surface area contributed by atoms with Gasteiger partial charge in [0.2, 0.25) is 0 Å². The maximum atomic E-state index is 11.7. The van der Waals surface area contributed by atoms with Crippen LogP contribution in [0.4, 0.5) is 0 Å². The van der Waals surface area contributed by atoms with Gasteiger partial charge < -0.3 is 5.11 Å². The minimum Gasteiger partial charge on any atom is 0 e. The first-order valence-electron chi connectivity index (χ1n) is 16.9. The number of allylic oxidation sites excluding steroid dienone is 2. The summed E-state index contributed by atoms with van der Waals surface area (Å²) >= 11 is -2.09. The zero-order chi connectivity index (χ0) is 33.1. The molecule has 4 nitrogen and oxygen atoms in total. The Bertz CT molecular complexity index is 1710. The van der Waals surface area contributed by atoms with Gasteiger partial charge in [-0.25, -0.2) is 0 Å². The fourth-order valence-electron chi connectivity index (χ4n) is 6.84. The number of aliphatic hydroxyl groups is 1. The van der Waals surface area contributed by atoms with E-state index in [0.29, 0.717) is 5.92 Å². The third-order valence-electron chi connectivity index (χ3n) is 9.11. The number of pyridine rings is 1. The third-order valence-corrected chi connectivity index (χ3v) is 13.7. The molecule has 4 aromatic rings. The summed E-state index contributed by atoms with van der Waals surface area (Å²) in [6.07, 6.45) is 7.85. The van der Waals surface area contributed by atoms with Gasteiger partial charge in [-0.05, 0) is 25.7 Å². The normalized spacial score (nSPS) is 12.6. The molecule has 1 N–H and O–H groups in total. The molecule has 1 aliphatic rings. The van der Waals surface area contributed by atoms with Crippen molar-refractivity contribution >= 4 is 45.0 Å². The number of ketones is 1. The molecule has 0 aliphatic carbocycles. The number of benzene rings is 3. The molecule has 0 fully saturated rings. The summed E-state index contributed by atoms with van der Waals surface area (Å²) in [6.45, 7) is 14.8. The summed E-state index contributed by atoms with van der Waals surface area (Å²) in [5.74, 6) is 10.4. The van der Waals surface area contributed by atoms with E-state index in [4.69, 9.17) is 9.72 Å². The number of rotatable bonds is 10. The number of aromatic nitrogens is 1. The van der Waals surface area contributed by atoms with Gasteiger partial charge in [0.25, 0.3) is 0 Å². The van der Waals surface area contributed by atoms with Gasteiger partial charge in [-0.15, -0.1) is 0 Å². The molecule has 0 spiro atoms. The minimum atomic E-state index is -2.09. The molecule has 0 saturated heterocycles. The second-order valence-electron chi connectivity index (χ2n) is 14.0. The predicted molar refractivity (Wildman–Crippen MR) is 194 cm³/mol. The fourth-order valence-corrected chi connectivity index (χ4v) is 11.6. The maximum Gasteiger partial charge on any atom is 0 e. The minimum absolute atomic E-state index is 0. The van der Waals surface area contributed by atoms with E-state index in [-0.39, 0.29) is 43.5 Å². The van der Waals surface area contributed by atoms with Gasteiger partial charge in [0.05, 0.1) is 5.76 Å². The Morgan fingerprint density at radius 2 is 1.61 bits per heavy atom. The van der Waals surface area contributed by atoms with Crippen molar-refractivity contribution < 1.29 is 34.7 Å². The van der Waals surface area contributed by atoms with E-state index in [2.05, 4.69) is 80.5 Å². The Labute approximate surface area is 293 Å². The van der Waals surface area contributed by atoms with Gasteiger partial charge in [-0.2, -0.15) is 0 Å². The van der Waals surface area contributed by atoms with Crippen LogP contribution in [0.25, 0.3) is 32.8 Å². The van der Waals surface area contributed by atoms with Crippen molar-refractivity contribution in [3.63, 3.8) is 0 Å². The summed E-state index contributed by atoms with van der Waals surface area (Å²) < 4.78 is 8.24. The summed E-state index contributed by atoms with van der Waals surface area (Å²) in [6, 6.07) is 16.6. The topological polar surface area (TPSA) is 59.4 Å². The Hall–Kier alpha value is -2.47. The molecule has 0 saturated carbocycles. The van der Waals surface area contributed by atoms with Crippen LogP contribution in [0.15, 0.2) is 54.4 Å². The summed E-state index contributed by atoms with van der Waals surface area (Å²) in [4.78, 5) is 16.6. The number of hydrogen-bond acceptors (Lipinski definition) is 4. The summed E-state index contributed by atoms with van der Waals surface area (Å²) in [5.41, 5.74) is 4.65. The van der Waals surface area contributed by atoms with Crippen molar-refractivity contribution in [2.45, 2.75) is 97.8 Å². The van der Waals surface area contributed by atoms with Crippen LogP contribution in [0.5, 0.6) is 11.5 Å². The van der Waals surface area contributed by atoms with Gasteiger partial charge >= 0.3 is 182 Å². The van der Waals surface area contributed by atoms with Crippen LogP contribution in [0.3, 0.4) is 0 Å². The Kier molecular flexibility index (Phi) is 13.3. The van der Waals surface area contributed by atoms with Gasteiger partial charge in [-0.1, -0.05) is 27.7 Å². The van der Waals surface area contributed by atoms with E-state index in [1.165, 1.54) is 28.0 Å². The number of nitrogens with zero attached hydrogens (tertiary/aromatic N) is 1. The van der Waals surface area contributed by atoms with E-state index in [1.54, 1.807) is 4.40 Å². The number of aryl methyl sites for hydroxylation is 1. The first-order valence-corrected chi connectivity index (χ1v) is 24.2. The monoisotopic (exact) mass is 861 g/mol. The maximum absolute atomic E-state index is 11.7. The van der Waals surface area contributed by atoms with Crippen LogP contribution in [0, 0.1) is 30.7 Å². The van der Waals surface area contributed by atoms with Crippen LogP contribution in [-0.2, 0) is 31.3 Å². The number of fused-ring (bicyclic) bond motifs is 3. The number of hydrogen-bond donors (Lipinski definition) is 1. The zero-order valence-corrected chi connectivity index (χ0v) is 33.9. The molecule has 3 aromatic carbocycles. The molecule has 1 radical (unpaired) electrons. The van der Waals surface area contributed by atoms with Crippen LogP contribution in [-0.4, -0.2) is 29.1 Å². The van der Waals surface area contributed by atoms with Crippen LogP contribution in [0.1, 0.15) is 78.4 Å². The van der Waals surface area contributed by atoms with Crippen molar-refractivity contribution in [1.29, 1.82) is 0 Å². The summed E-state index contributed by atoms with van der Waals surface area (Å²) in [7, 11) is 0. The number of carbonyl (C=O) groups is 1. The van der Waals surface area contributed by atoms with Crippen molar-refractivity contribution in [2.75, 3.05) is 0 Å². The molecule has 1 aliphatic heterocycles. The molecule has 249 valence electrons. The quantitative estimate of drug-likeness (QED) is 0.0658. The van der Waals surface area contributed by atoms with Crippen molar-refractivity contribution in [3.05, 3.63) is 71.6 Å². The van der Waals surface area contributed by atoms with Gasteiger partial charge in [-0.3, -0.25) is 4.79 Å². The van der Waals surface area contributed by atoms with E-state index in [9.17, 15) is 9.90 Å². The molecule has 0 atom stereocenters. The van der Waals surface area contributed by atoms with E-state index < -0.39 is 13.3 Å². The van der Waals surface area contributed by atoms with Crippen LogP contribution in [0.2, 0.25) is 17.3 Å². The molecule has 6 heteroatoms.